The van der Waals surface area contributed by atoms with E-state index in [1.165, 1.54) is 43.9 Å². The summed E-state index contributed by atoms with van der Waals surface area (Å²) in [7, 11) is 0. The van der Waals surface area contributed by atoms with E-state index in [4.69, 9.17) is 4.74 Å². The Kier molecular flexibility index (Phi) is 6.48. The molecule has 0 atom stereocenters. The summed E-state index contributed by atoms with van der Waals surface area (Å²) in [5, 5.41) is 9.84. The highest BCUT2D eigenvalue weighted by atomic mass is 32.2. The summed E-state index contributed by atoms with van der Waals surface area (Å²) in [6, 6.07) is 9.71. The first kappa shape index (κ1) is 18.7. The summed E-state index contributed by atoms with van der Waals surface area (Å²) >= 11 is 1.34. The fraction of sp³-hybridized carbons (Fsp3) is 0.450. The average Bonchev–Trinajstić information content (AvgIpc) is 2.68. The van der Waals surface area contributed by atoms with Gasteiger partial charge in [0.25, 0.3) is 5.56 Å². The molecule has 6 heteroatoms. The molecule has 0 bridgehead atoms. The van der Waals surface area contributed by atoms with E-state index in [-0.39, 0.29) is 5.56 Å². The van der Waals surface area contributed by atoms with E-state index in [1.54, 1.807) is 0 Å². The Morgan fingerprint density at radius 3 is 2.88 bits per heavy atom. The fourth-order valence-corrected chi connectivity index (χ4v) is 3.74. The molecule has 1 saturated carbocycles. The van der Waals surface area contributed by atoms with Gasteiger partial charge in [-0.2, -0.15) is 5.26 Å². The average molecular weight is 369 g/mol. The van der Waals surface area contributed by atoms with E-state index >= 15 is 0 Å². The van der Waals surface area contributed by atoms with Crippen LogP contribution in [0.4, 0.5) is 0 Å². The molecule has 136 valence electrons. The maximum Gasteiger partial charge on any atom is 0.270 e. The molecule has 0 spiro atoms. The Morgan fingerprint density at radius 1 is 1.35 bits per heavy atom. The fourth-order valence-electron chi connectivity index (χ4n) is 3.37. The molecule has 1 aliphatic carbocycles. The van der Waals surface area contributed by atoms with E-state index in [1.807, 2.05) is 36.6 Å². The number of ether oxygens (including phenoxy) is 1. The van der Waals surface area contributed by atoms with Crippen molar-refractivity contribution in [3.05, 3.63) is 45.7 Å². The van der Waals surface area contributed by atoms with Gasteiger partial charge in [-0.25, -0.2) is 4.98 Å². The standard InChI is InChI=1S/C20H23N3O2S/c1-26-20-22-18(17(11-21)19(24)23-20)16-9-5-8-15(10-16)13-25-12-14-6-3-2-4-7-14/h5,8-10,14H,2-4,6-7,12-13H2,1H3,(H,22,23,24). The van der Waals surface area contributed by atoms with Gasteiger partial charge in [0.1, 0.15) is 11.6 Å². The van der Waals surface area contributed by atoms with Crippen LogP contribution in [0.2, 0.25) is 0 Å². The van der Waals surface area contributed by atoms with Crippen molar-refractivity contribution < 1.29 is 4.74 Å². The van der Waals surface area contributed by atoms with Gasteiger partial charge < -0.3 is 9.72 Å². The highest BCUT2D eigenvalue weighted by molar-refractivity contribution is 7.98. The number of rotatable bonds is 6. The molecule has 1 aromatic heterocycles. The minimum absolute atomic E-state index is 0.0445. The second-order valence-corrected chi connectivity index (χ2v) is 7.43. The molecule has 1 fully saturated rings. The predicted molar refractivity (Wildman–Crippen MR) is 103 cm³/mol. The topological polar surface area (TPSA) is 78.8 Å². The van der Waals surface area contributed by atoms with Crippen LogP contribution in [0.5, 0.6) is 0 Å². The number of H-pyrrole nitrogens is 1. The molecule has 0 unspecified atom stereocenters. The van der Waals surface area contributed by atoms with E-state index < -0.39 is 5.56 Å². The molecular weight excluding hydrogens is 346 g/mol. The van der Waals surface area contributed by atoms with Crippen LogP contribution >= 0.6 is 11.8 Å². The number of hydrogen-bond acceptors (Lipinski definition) is 5. The van der Waals surface area contributed by atoms with Gasteiger partial charge in [0, 0.05) is 12.2 Å². The first-order chi connectivity index (χ1) is 12.7. The number of nitrogens with one attached hydrogen (secondary N) is 1. The van der Waals surface area contributed by atoms with Gasteiger partial charge in [0.2, 0.25) is 0 Å². The number of hydrogen-bond donors (Lipinski definition) is 1. The van der Waals surface area contributed by atoms with E-state index in [0.717, 1.165) is 17.7 Å². The Balaban J connectivity index is 1.76. The van der Waals surface area contributed by atoms with Crippen LogP contribution in [0.3, 0.4) is 0 Å². The molecule has 26 heavy (non-hydrogen) atoms. The van der Waals surface area contributed by atoms with Crippen molar-refractivity contribution in [3.8, 4) is 17.3 Å². The quantitative estimate of drug-likeness (QED) is 0.612. The van der Waals surface area contributed by atoms with Crippen LogP contribution in [-0.2, 0) is 11.3 Å². The Labute approximate surface area is 157 Å². The van der Waals surface area contributed by atoms with Crippen LogP contribution in [0.15, 0.2) is 34.2 Å². The van der Waals surface area contributed by atoms with Gasteiger partial charge in [-0.1, -0.05) is 49.2 Å². The van der Waals surface area contributed by atoms with Crippen LogP contribution in [0, 0.1) is 17.2 Å². The summed E-state index contributed by atoms with van der Waals surface area (Å²) in [5.41, 5.74) is 1.86. The molecule has 3 rings (SSSR count). The molecule has 5 nitrogen and oxygen atoms in total. The minimum atomic E-state index is -0.402. The summed E-state index contributed by atoms with van der Waals surface area (Å²) in [4.78, 5) is 19.2. The van der Waals surface area contributed by atoms with Crippen LogP contribution in [0.25, 0.3) is 11.3 Å². The van der Waals surface area contributed by atoms with Gasteiger partial charge in [0.15, 0.2) is 5.16 Å². The van der Waals surface area contributed by atoms with Crippen molar-refractivity contribution >= 4 is 11.8 Å². The molecule has 0 radical (unpaired) electrons. The molecule has 1 aliphatic rings. The Morgan fingerprint density at radius 2 is 2.15 bits per heavy atom. The van der Waals surface area contributed by atoms with Gasteiger partial charge >= 0.3 is 0 Å². The van der Waals surface area contributed by atoms with Crippen molar-refractivity contribution in [2.24, 2.45) is 5.92 Å². The van der Waals surface area contributed by atoms with Crippen molar-refractivity contribution in [1.29, 1.82) is 5.26 Å². The largest absolute Gasteiger partial charge is 0.376 e. The first-order valence-electron chi connectivity index (χ1n) is 8.96. The van der Waals surface area contributed by atoms with Crippen molar-refractivity contribution in [1.82, 2.24) is 9.97 Å². The number of aromatic nitrogens is 2. The lowest BCUT2D eigenvalue weighted by molar-refractivity contribution is 0.0739. The lowest BCUT2D eigenvalue weighted by atomic mass is 9.90. The second-order valence-electron chi connectivity index (χ2n) is 6.63. The molecule has 2 aromatic rings. The third kappa shape index (κ3) is 4.54. The lowest BCUT2D eigenvalue weighted by Crippen LogP contribution is -2.14. The highest BCUT2D eigenvalue weighted by Crippen LogP contribution is 2.25. The number of nitriles is 1. The predicted octanol–water partition coefficient (Wildman–Crippen LogP) is 4.13. The van der Waals surface area contributed by atoms with Crippen LogP contribution in [-0.4, -0.2) is 22.8 Å². The zero-order valence-electron chi connectivity index (χ0n) is 15.0. The lowest BCUT2D eigenvalue weighted by Gasteiger charge is -2.21. The SMILES string of the molecule is CSc1nc(-c2cccc(COCC3CCCCC3)c2)c(C#N)c(=O)[nH]1. The van der Waals surface area contributed by atoms with Crippen molar-refractivity contribution in [3.63, 3.8) is 0 Å². The van der Waals surface area contributed by atoms with Gasteiger partial charge in [-0.05, 0) is 36.6 Å². The highest BCUT2D eigenvalue weighted by Gasteiger charge is 2.15. The number of benzene rings is 1. The molecule has 0 aliphatic heterocycles. The zero-order valence-corrected chi connectivity index (χ0v) is 15.8. The van der Waals surface area contributed by atoms with Gasteiger partial charge in [-0.3, -0.25) is 4.79 Å². The summed E-state index contributed by atoms with van der Waals surface area (Å²) in [6.07, 6.45) is 8.34. The van der Waals surface area contributed by atoms with Crippen LogP contribution < -0.4 is 5.56 Å². The second kappa shape index (κ2) is 9.02. The van der Waals surface area contributed by atoms with Gasteiger partial charge in [-0.15, -0.1) is 0 Å². The normalized spacial score (nSPS) is 14.9. The molecule has 1 N–H and O–H groups in total. The maximum absolute atomic E-state index is 12.1. The molecule has 0 amide bonds. The van der Waals surface area contributed by atoms with Crippen molar-refractivity contribution in [2.75, 3.05) is 12.9 Å². The molecule has 1 heterocycles. The summed E-state index contributed by atoms with van der Waals surface area (Å²) < 4.78 is 5.92. The summed E-state index contributed by atoms with van der Waals surface area (Å²) in [5.74, 6) is 0.676. The molecule has 1 aromatic carbocycles. The third-order valence-corrected chi connectivity index (χ3v) is 5.33. The van der Waals surface area contributed by atoms with E-state index in [0.29, 0.717) is 23.4 Å². The Hall–Kier alpha value is -2.10. The maximum atomic E-state index is 12.1. The minimum Gasteiger partial charge on any atom is -0.376 e. The van der Waals surface area contributed by atoms with E-state index in [2.05, 4.69) is 9.97 Å². The number of aromatic amines is 1. The number of nitrogens with zero attached hydrogens (tertiary/aromatic N) is 2. The van der Waals surface area contributed by atoms with Crippen LogP contribution in [0.1, 0.15) is 43.2 Å². The monoisotopic (exact) mass is 369 g/mol. The number of thioether (sulfide) groups is 1. The molecule has 0 saturated heterocycles. The summed E-state index contributed by atoms with van der Waals surface area (Å²) in [6.45, 7) is 1.33. The smallest absolute Gasteiger partial charge is 0.270 e. The third-order valence-electron chi connectivity index (χ3n) is 4.75. The molecular formula is C20H23N3O2S. The van der Waals surface area contributed by atoms with Gasteiger partial charge in [0.05, 0.1) is 12.3 Å². The first-order valence-corrected chi connectivity index (χ1v) is 10.2. The van der Waals surface area contributed by atoms with Crippen molar-refractivity contribution in [2.45, 2.75) is 43.9 Å². The van der Waals surface area contributed by atoms with E-state index in [9.17, 15) is 10.1 Å². The Bertz CT molecular complexity index is 851. The zero-order chi connectivity index (χ0) is 18.4.